The van der Waals surface area contributed by atoms with Crippen molar-refractivity contribution in [2.24, 2.45) is 0 Å². The van der Waals surface area contributed by atoms with Crippen LogP contribution in [0.2, 0.25) is 10.0 Å². The van der Waals surface area contributed by atoms with Crippen molar-refractivity contribution >= 4 is 41.1 Å². The number of hydrogen-bond acceptors (Lipinski definition) is 6. The van der Waals surface area contributed by atoms with Gasteiger partial charge in [0.2, 0.25) is 5.95 Å². The highest BCUT2D eigenvalue weighted by Gasteiger charge is 2.34. The molecule has 30 heavy (non-hydrogen) atoms. The molecular weight excluding hydrogens is 425 g/mol. The predicted octanol–water partition coefficient (Wildman–Crippen LogP) is 4.92. The maximum atomic E-state index is 12.1. The van der Waals surface area contributed by atoms with Crippen molar-refractivity contribution in [3.05, 3.63) is 34.4 Å². The molecule has 1 fully saturated rings. The second kappa shape index (κ2) is 8.47. The number of halogens is 2. The fourth-order valence-electron chi connectivity index (χ4n) is 3.33. The maximum Gasteiger partial charge on any atom is 0.408 e. The molecule has 0 bridgehead atoms. The summed E-state index contributed by atoms with van der Waals surface area (Å²) in [4.78, 5) is 23.2. The summed E-state index contributed by atoms with van der Waals surface area (Å²) in [5, 5.41) is 3.87. The lowest BCUT2D eigenvalue weighted by Crippen LogP contribution is -2.54. The zero-order chi connectivity index (χ0) is 22.1. The summed E-state index contributed by atoms with van der Waals surface area (Å²) in [6, 6.07) is 5.35. The summed E-state index contributed by atoms with van der Waals surface area (Å²) in [6.45, 7) is 8.93. The minimum atomic E-state index is -0.528. The van der Waals surface area contributed by atoms with E-state index in [0.717, 1.165) is 12.8 Å². The Morgan fingerprint density at radius 2 is 1.90 bits per heavy atom. The van der Waals surface area contributed by atoms with Crippen molar-refractivity contribution < 1.29 is 9.53 Å². The molecule has 1 amide bonds. The first kappa shape index (κ1) is 22.4. The van der Waals surface area contributed by atoms with Crippen molar-refractivity contribution in [3.8, 4) is 11.1 Å². The number of hydrogen-bond donors (Lipinski definition) is 2. The van der Waals surface area contributed by atoms with Crippen molar-refractivity contribution in [3.63, 3.8) is 0 Å². The van der Waals surface area contributed by atoms with E-state index in [9.17, 15) is 4.79 Å². The summed E-state index contributed by atoms with van der Waals surface area (Å²) in [5.74, 6) is 0.887. The van der Waals surface area contributed by atoms with Gasteiger partial charge >= 0.3 is 6.09 Å². The lowest BCUT2D eigenvalue weighted by atomic mass is 9.90. The normalized spacial score (nSPS) is 16.3. The average Bonchev–Trinajstić information content (AvgIpc) is 2.63. The number of nitrogens with zero attached hydrogens (tertiary/aromatic N) is 3. The monoisotopic (exact) mass is 451 g/mol. The van der Waals surface area contributed by atoms with Crippen molar-refractivity contribution in [1.82, 2.24) is 15.3 Å². The zero-order valence-electron chi connectivity index (χ0n) is 17.6. The van der Waals surface area contributed by atoms with Crippen LogP contribution in [0.5, 0.6) is 0 Å². The number of piperidine rings is 1. The van der Waals surface area contributed by atoms with Gasteiger partial charge in [-0.3, -0.25) is 0 Å². The van der Waals surface area contributed by atoms with E-state index >= 15 is 0 Å². The maximum absolute atomic E-state index is 12.1. The molecule has 1 aromatic carbocycles. The third kappa shape index (κ3) is 5.26. The summed E-state index contributed by atoms with van der Waals surface area (Å²) in [5.41, 5.74) is 6.66. The van der Waals surface area contributed by atoms with Crippen LogP contribution < -0.4 is 16.0 Å². The second-order valence-corrected chi connectivity index (χ2v) is 9.53. The summed E-state index contributed by atoms with van der Waals surface area (Å²) < 4.78 is 5.38. The van der Waals surface area contributed by atoms with Gasteiger partial charge in [-0.2, -0.15) is 4.98 Å². The van der Waals surface area contributed by atoms with Gasteiger partial charge in [-0.1, -0.05) is 35.3 Å². The van der Waals surface area contributed by atoms with E-state index < -0.39 is 11.7 Å². The quantitative estimate of drug-likeness (QED) is 0.687. The van der Waals surface area contributed by atoms with Gasteiger partial charge in [-0.25, -0.2) is 9.78 Å². The molecule has 9 heteroatoms. The van der Waals surface area contributed by atoms with E-state index in [1.54, 1.807) is 18.3 Å². The Balaban J connectivity index is 1.68. The molecule has 1 aromatic heterocycles. The van der Waals surface area contributed by atoms with Gasteiger partial charge in [0.25, 0.3) is 0 Å². The molecule has 7 nitrogen and oxygen atoms in total. The standard InChI is InChI=1S/C21H27Cl2N5O2/c1-20(2,3)30-19(29)27-21(4)8-10-28(11-9-21)18-25-12-14(17(24)26-18)13-6-5-7-15(22)16(13)23/h5-7,12H,8-11H2,1-4H3,(H,27,29)(H2,24,25,26). The summed E-state index contributed by atoms with van der Waals surface area (Å²) in [7, 11) is 0. The van der Waals surface area contributed by atoms with Crippen LogP contribution in [0.3, 0.4) is 0 Å². The number of aromatic nitrogens is 2. The van der Waals surface area contributed by atoms with E-state index in [2.05, 4.69) is 20.2 Å². The van der Waals surface area contributed by atoms with Crippen LogP contribution in [0.25, 0.3) is 11.1 Å². The number of anilines is 2. The first-order chi connectivity index (χ1) is 14.0. The van der Waals surface area contributed by atoms with E-state index in [1.807, 2.05) is 33.8 Å². The Bertz CT molecular complexity index is 937. The van der Waals surface area contributed by atoms with E-state index in [1.165, 1.54) is 0 Å². The molecule has 1 aliphatic heterocycles. The molecule has 162 valence electrons. The summed E-state index contributed by atoms with van der Waals surface area (Å²) in [6.07, 6.45) is 2.73. The number of carbonyl (C=O) groups is 1. The van der Waals surface area contributed by atoms with Gasteiger partial charge in [-0.05, 0) is 46.6 Å². The largest absolute Gasteiger partial charge is 0.444 e. The van der Waals surface area contributed by atoms with Gasteiger partial charge in [-0.15, -0.1) is 0 Å². The van der Waals surface area contributed by atoms with Crippen molar-refractivity contribution in [2.45, 2.75) is 51.7 Å². The number of alkyl carbamates (subject to hydrolysis) is 1. The number of amides is 1. The van der Waals surface area contributed by atoms with Crippen LogP contribution in [-0.4, -0.2) is 40.3 Å². The van der Waals surface area contributed by atoms with Crippen LogP contribution in [0.4, 0.5) is 16.6 Å². The highest BCUT2D eigenvalue weighted by molar-refractivity contribution is 6.43. The number of rotatable bonds is 3. The molecule has 0 spiro atoms. The fourth-order valence-corrected chi connectivity index (χ4v) is 3.73. The zero-order valence-corrected chi connectivity index (χ0v) is 19.1. The van der Waals surface area contributed by atoms with Crippen LogP contribution >= 0.6 is 23.2 Å². The Hall–Kier alpha value is -2.25. The predicted molar refractivity (Wildman–Crippen MR) is 121 cm³/mol. The second-order valence-electron chi connectivity index (χ2n) is 8.74. The number of nitrogens with two attached hydrogens (primary N) is 1. The Kier molecular flexibility index (Phi) is 6.34. The van der Waals surface area contributed by atoms with E-state index in [4.69, 9.17) is 33.7 Å². The minimum absolute atomic E-state index is 0.337. The molecule has 2 heterocycles. The molecule has 2 aromatic rings. The molecular formula is C21H27Cl2N5O2. The lowest BCUT2D eigenvalue weighted by Gasteiger charge is -2.40. The highest BCUT2D eigenvalue weighted by atomic mass is 35.5. The number of carbonyl (C=O) groups excluding carboxylic acids is 1. The van der Waals surface area contributed by atoms with Crippen LogP contribution in [0.15, 0.2) is 24.4 Å². The van der Waals surface area contributed by atoms with Crippen LogP contribution in [0, 0.1) is 0 Å². The van der Waals surface area contributed by atoms with Gasteiger partial charge in [0.05, 0.1) is 10.0 Å². The fraction of sp³-hybridized carbons (Fsp3) is 0.476. The van der Waals surface area contributed by atoms with Gasteiger partial charge < -0.3 is 20.7 Å². The first-order valence-corrected chi connectivity index (χ1v) is 10.6. The molecule has 3 N–H and O–H groups in total. The molecule has 1 saturated heterocycles. The lowest BCUT2D eigenvalue weighted by molar-refractivity contribution is 0.0448. The minimum Gasteiger partial charge on any atom is -0.444 e. The van der Waals surface area contributed by atoms with E-state index in [-0.39, 0.29) is 5.54 Å². The molecule has 0 saturated carbocycles. The number of benzene rings is 1. The third-order valence-electron chi connectivity index (χ3n) is 5.00. The molecule has 0 aliphatic carbocycles. The van der Waals surface area contributed by atoms with Crippen LogP contribution in [0.1, 0.15) is 40.5 Å². The first-order valence-electron chi connectivity index (χ1n) is 9.80. The van der Waals surface area contributed by atoms with E-state index in [0.29, 0.717) is 46.0 Å². The Labute approximate surface area is 186 Å². The molecule has 3 rings (SSSR count). The Morgan fingerprint density at radius 1 is 1.23 bits per heavy atom. The average molecular weight is 452 g/mol. The highest BCUT2D eigenvalue weighted by Crippen LogP contribution is 2.36. The molecule has 1 aliphatic rings. The number of nitrogen functional groups attached to an aromatic ring is 1. The van der Waals surface area contributed by atoms with Gasteiger partial charge in [0.15, 0.2) is 0 Å². The number of ether oxygens (including phenoxy) is 1. The van der Waals surface area contributed by atoms with Gasteiger partial charge in [0.1, 0.15) is 11.4 Å². The topological polar surface area (TPSA) is 93.4 Å². The summed E-state index contributed by atoms with van der Waals surface area (Å²) >= 11 is 12.4. The number of nitrogens with one attached hydrogen (secondary N) is 1. The van der Waals surface area contributed by atoms with Crippen molar-refractivity contribution in [2.75, 3.05) is 23.7 Å². The molecule has 0 radical (unpaired) electrons. The smallest absolute Gasteiger partial charge is 0.408 e. The van der Waals surface area contributed by atoms with Gasteiger partial charge in [0, 0.05) is 36.0 Å². The SMILES string of the molecule is CC1(NC(=O)OC(C)(C)C)CCN(c2ncc(-c3cccc(Cl)c3Cl)c(N)n2)CC1. The van der Waals surface area contributed by atoms with Crippen molar-refractivity contribution in [1.29, 1.82) is 0 Å². The molecule has 0 atom stereocenters. The molecule has 0 unspecified atom stereocenters. The Morgan fingerprint density at radius 3 is 2.50 bits per heavy atom. The third-order valence-corrected chi connectivity index (χ3v) is 5.82. The van der Waals surface area contributed by atoms with Crippen LogP contribution in [-0.2, 0) is 4.74 Å².